The number of benzene rings is 3. The lowest BCUT2D eigenvalue weighted by Gasteiger charge is -2.15. The molecule has 0 unspecified atom stereocenters. The van der Waals surface area contributed by atoms with Gasteiger partial charge >= 0.3 is 5.97 Å². The molecule has 3 aromatic rings. The molecule has 1 amide bonds. The largest absolute Gasteiger partial charge is 0.493 e. The summed E-state index contributed by atoms with van der Waals surface area (Å²) in [6.45, 7) is 0. The molecule has 35 heavy (non-hydrogen) atoms. The van der Waals surface area contributed by atoms with Crippen molar-refractivity contribution in [1.29, 1.82) is 0 Å². The van der Waals surface area contributed by atoms with Crippen LogP contribution < -0.4 is 14.4 Å². The van der Waals surface area contributed by atoms with Crippen molar-refractivity contribution >= 4 is 98.3 Å². The Labute approximate surface area is 230 Å². The maximum Gasteiger partial charge on any atom is 0.345 e. The summed E-state index contributed by atoms with van der Waals surface area (Å²) in [6.07, 6.45) is 1.67. The van der Waals surface area contributed by atoms with E-state index < -0.39 is 5.97 Å². The molecule has 0 bridgehead atoms. The van der Waals surface area contributed by atoms with Crippen molar-refractivity contribution in [3.05, 3.63) is 90.7 Å². The number of hydrogen-bond acceptors (Lipinski definition) is 6. The first-order valence-electron chi connectivity index (χ1n) is 9.76. The number of thioether (sulfide) groups is 1. The molecule has 4 rings (SSSR count). The van der Waals surface area contributed by atoms with E-state index in [1.54, 1.807) is 48.5 Å². The van der Waals surface area contributed by atoms with Crippen LogP contribution >= 0.6 is 70.4 Å². The van der Waals surface area contributed by atoms with E-state index in [2.05, 4.69) is 0 Å². The number of amides is 1. The van der Waals surface area contributed by atoms with Crippen molar-refractivity contribution in [3.63, 3.8) is 0 Å². The van der Waals surface area contributed by atoms with E-state index in [1.165, 1.54) is 24.1 Å². The van der Waals surface area contributed by atoms with E-state index in [4.69, 9.17) is 68.1 Å². The number of halogens is 4. The second kappa shape index (κ2) is 10.8. The average Bonchev–Trinajstić information content (AvgIpc) is 3.09. The first-order valence-corrected chi connectivity index (χ1v) is 12.5. The number of rotatable bonds is 5. The Morgan fingerprint density at radius 1 is 0.943 bits per heavy atom. The van der Waals surface area contributed by atoms with Gasteiger partial charge in [-0.15, -0.1) is 0 Å². The minimum absolute atomic E-state index is 0.160. The molecule has 1 heterocycles. The van der Waals surface area contributed by atoms with Crippen LogP contribution in [0.5, 0.6) is 11.5 Å². The third-order valence-corrected chi connectivity index (χ3v) is 7.38. The Morgan fingerprint density at radius 3 is 2.40 bits per heavy atom. The lowest BCUT2D eigenvalue weighted by Crippen LogP contribution is -2.27. The number of thiocarbonyl (C=S) groups is 1. The summed E-state index contributed by atoms with van der Waals surface area (Å²) < 4.78 is 11.2. The molecule has 1 saturated heterocycles. The van der Waals surface area contributed by atoms with E-state index in [1.807, 2.05) is 0 Å². The van der Waals surface area contributed by atoms with Crippen LogP contribution in [-0.4, -0.2) is 23.3 Å². The number of ether oxygens (including phenoxy) is 2. The molecule has 5 nitrogen and oxygen atoms in total. The molecule has 1 aliphatic rings. The molecule has 0 aromatic heterocycles. The summed E-state index contributed by atoms with van der Waals surface area (Å²) in [5, 5.41) is 1.26. The van der Waals surface area contributed by atoms with E-state index >= 15 is 0 Å². The third kappa shape index (κ3) is 5.61. The van der Waals surface area contributed by atoms with Gasteiger partial charge in [0.25, 0.3) is 5.91 Å². The average molecular weight is 585 g/mol. The van der Waals surface area contributed by atoms with Crippen LogP contribution in [0.1, 0.15) is 15.9 Å². The summed E-state index contributed by atoms with van der Waals surface area (Å²) in [4.78, 5) is 27.4. The Hall–Kier alpha value is -2.26. The topological polar surface area (TPSA) is 55.8 Å². The van der Waals surface area contributed by atoms with E-state index in [-0.39, 0.29) is 28.0 Å². The summed E-state index contributed by atoms with van der Waals surface area (Å²) in [5.74, 6) is -0.494. The molecule has 0 aliphatic carbocycles. The molecule has 178 valence electrons. The quantitative estimate of drug-likeness (QED) is 0.131. The molecule has 0 N–H and O–H groups in total. The van der Waals surface area contributed by atoms with Gasteiger partial charge in [0, 0.05) is 5.02 Å². The fourth-order valence-corrected chi connectivity index (χ4v) is 5.21. The van der Waals surface area contributed by atoms with Crippen molar-refractivity contribution < 1.29 is 19.1 Å². The molecule has 0 saturated carbocycles. The SMILES string of the molecule is COc1cc(/C=C2/SC(=S)N(c3ccc(Cl)c(Cl)c3)C2=O)ccc1OC(=O)c1ccc(Cl)cc1Cl. The smallest absolute Gasteiger partial charge is 0.345 e. The van der Waals surface area contributed by atoms with Crippen LogP contribution in [0.4, 0.5) is 5.69 Å². The number of carbonyl (C=O) groups excluding carboxylic acids is 2. The lowest BCUT2D eigenvalue weighted by molar-refractivity contribution is -0.113. The van der Waals surface area contributed by atoms with Crippen LogP contribution in [0.3, 0.4) is 0 Å². The first-order chi connectivity index (χ1) is 16.7. The summed E-state index contributed by atoms with van der Waals surface area (Å²) in [5.41, 5.74) is 1.32. The maximum absolute atomic E-state index is 13.0. The third-order valence-electron chi connectivity index (χ3n) is 4.79. The van der Waals surface area contributed by atoms with Gasteiger partial charge in [0.2, 0.25) is 0 Å². The van der Waals surface area contributed by atoms with Gasteiger partial charge in [-0.3, -0.25) is 9.69 Å². The molecular formula is C24H13Cl4NO4S2. The Morgan fingerprint density at radius 2 is 1.71 bits per heavy atom. The number of nitrogens with zero attached hydrogens (tertiary/aromatic N) is 1. The highest BCUT2D eigenvalue weighted by Crippen LogP contribution is 2.39. The molecular weight excluding hydrogens is 572 g/mol. The Kier molecular flexibility index (Phi) is 7.96. The van der Waals surface area contributed by atoms with Crippen molar-refractivity contribution in [1.82, 2.24) is 0 Å². The second-order valence-electron chi connectivity index (χ2n) is 7.04. The fraction of sp³-hybridized carbons (Fsp3) is 0.0417. The molecule has 1 fully saturated rings. The van der Waals surface area contributed by atoms with E-state index in [0.717, 1.165) is 11.8 Å². The Bertz CT molecular complexity index is 1410. The zero-order chi connectivity index (χ0) is 25.3. The van der Waals surface area contributed by atoms with Gasteiger partial charge in [-0.2, -0.15) is 0 Å². The number of carbonyl (C=O) groups is 2. The highest BCUT2D eigenvalue weighted by molar-refractivity contribution is 8.27. The van der Waals surface area contributed by atoms with Gasteiger partial charge < -0.3 is 9.47 Å². The van der Waals surface area contributed by atoms with Gasteiger partial charge in [0.15, 0.2) is 15.8 Å². The van der Waals surface area contributed by atoms with Crippen molar-refractivity contribution in [2.45, 2.75) is 0 Å². The summed E-state index contributed by atoms with van der Waals surface area (Å²) in [7, 11) is 1.44. The number of hydrogen-bond donors (Lipinski definition) is 0. The van der Waals surface area contributed by atoms with E-state index in [9.17, 15) is 9.59 Å². The van der Waals surface area contributed by atoms with Crippen molar-refractivity contribution in [2.75, 3.05) is 12.0 Å². The van der Waals surface area contributed by atoms with Gasteiger partial charge in [-0.25, -0.2) is 4.79 Å². The van der Waals surface area contributed by atoms with Crippen LogP contribution in [0.25, 0.3) is 6.08 Å². The minimum atomic E-state index is -0.666. The van der Waals surface area contributed by atoms with Crippen LogP contribution in [0, 0.1) is 0 Å². The van der Waals surface area contributed by atoms with Gasteiger partial charge in [0.1, 0.15) is 0 Å². The normalized spacial score (nSPS) is 14.5. The highest BCUT2D eigenvalue weighted by atomic mass is 35.5. The lowest BCUT2D eigenvalue weighted by atomic mass is 10.1. The van der Waals surface area contributed by atoms with Gasteiger partial charge in [-0.1, -0.05) is 76.4 Å². The number of methoxy groups -OCH3 is 1. The van der Waals surface area contributed by atoms with Crippen molar-refractivity contribution in [2.24, 2.45) is 0 Å². The molecule has 3 aromatic carbocycles. The first kappa shape index (κ1) is 25.8. The molecule has 0 radical (unpaired) electrons. The maximum atomic E-state index is 13.0. The van der Waals surface area contributed by atoms with Crippen LogP contribution in [0.15, 0.2) is 59.5 Å². The monoisotopic (exact) mass is 583 g/mol. The number of anilines is 1. The van der Waals surface area contributed by atoms with Gasteiger partial charge in [0.05, 0.1) is 38.3 Å². The van der Waals surface area contributed by atoms with Crippen LogP contribution in [0.2, 0.25) is 20.1 Å². The molecule has 0 spiro atoms. The summed E-state index contributed by atoms with van der Waals surface area (Å²) in [6, 6.07) is 14.2. The number of esters is 1. The predicted octanol–water partition coefficient (Wildman–Crippen LogP) is 7.93. The van der Waals surface area contributed by atoms with Gasteiger partial charge in [-0.05, 0) is 60.2 Å². The highest BCUT2D eigenvalue weighted by Gasteiger charge is 2.33. The summed E-state index contributed by atoms with van der Waals surface area (Å²) >= 11 is 30.6. The minimum Gasteiger partial charge on any atom is -0.493 e. The zero-order valence-corrected chi connectivity index (χ0v) is 22.3. The van der Waals surface area contributed by atoms with Crippen LogP contribution in [-0.2, 0) is 4.79 Å². The Balaban J connectivity index is 1.57. The predicted molar refractivity (Wildman–Crippen MR) is 147 cm³/mol. The fourth-order valence-electron chi connectivity index (χ4n) is 3.13. The standard InChI is InChI=1S/C24H13Cl4NO4S2/c1-32-20-8-12(2-7-19(20)33-23(31)15-5-3-13(25)10-17(15)27)9-21-22(30)29(24(34)35-21)14-4-6-16(26)18(28)11-14/h2-11H,1H3/b21-9+. The molecule has 11 heteroatoms. The van der Waals surface area contributed by atoms with E-state index in [0.29, 0.717) is 35.5 Å². The second-order valence-corrected chi connectivity index (χ2v) is 10.4. The van der Waals surface area contributed by atoms with Crippen molar-refractivity contribution in [3.8, 4) is 11.5 Å². The molecule has 1 aliphatic heterocycles. The zero-order valence-electron chi connectivity index (χ0n) is 17.7. The molecule has 0 atom stereocenters.